The molecule has 0 aliphatic heterocycles. The van der Waals surface area contributed by atoms with Gasteiger partial charge < -0.3 is 9.13 Å². The minimum atomic E-state index is -0.471. The second-order valence-corrected chi connectivity index (χ2v) is 5.13. The lowest BCUT2D eigenvalue weighted by Gasteiger charge is -2.08. The molecule has 2 aromatic heterocycles. The van der Waals surface area contributed by atoms with Gasteiger partial charge in [-0.25, -0.2) is 14.4 Å². The highest BCUT2D eigenvalue weighted by Crippen LogP contribution is 2.25. The van der Waals surface area contributed by atoms with Gasteiger partial charge in [0.25, 0.3) is 0 Å². The van der Waals surface area contributed by atoms with E-state index in [1.54, 1.807) is 6.20 Å². The molecule has 7 heteroatoms. The monoisotopic (exact) mass is 312 g/mol. The molecule has 3 rings (SSSR count). The zero-order valence-electron chi connectivity index (χ0n) is 10.6. The zero-order chi connectivity index (χ0) is 14.3. The predicted octanol–water partition coefficient (Wildman–Crippen LogP) is 3.35. The lowest BCUT2D eigenvalue weighted by molar-refractivity contribution is 0.627. The van der Waals surface area contributed by atoms with E-state index in [9.17, 15) is 4.39 Å². The summed E-state index contributed by atoms with van der Waals surface area (Å²) in [5.41, 5.74) is 1.28. The lowest BCUT2D eigenvalue weighted by Crippen LogP contribution is -2.08. The third-order valence-electron chi connectivity index (χ3n) is 3.21. The lowest BCUT2D eigenvalue weighted by atomic mass is 10.3. The Morgan fingerprint density at radius 1 is 1.30 bits per heavy atom. The van der Waals surface area contributed by atoms with Crippen molar-refractivity contribution in [2.45, 2.75) is 12.4 Å². The molecule has 0 unspecified atom stereocenters. The molecule has 20 heavy (non-hydrogen) atoms. The largest absolute Gasteiger partial charge is 0.337 e. The average molecular weight is 313 g/mol. The summed E-state index contributed by atoms with van der Waals surface area (Å²) in [6, 6.07) is 2.89. The van der Waals surface area contributed by atoms with Gasteiger partial charge in [-0.15, -0.1) is 11.6 Å². The van der Waals surface area contributed by atoms with Crippen molar-refractivity contribution < 1.29 is 4.39 Å². The zero-order valence-corrected chi connectivity index (χ0v) is 12.2. The number of aromatic nitrogens is 4. The van der Waals surface area contributed by atoms with Crippen LogP contribution in [0.3, 0.4) is 0 Å². The van der Waals surface area contributed by atoms with E-state index in [4.69, 9.17) is 23.2 Å². The number of aryl methyl sites for hydroxylation is 1. The maximum Gasteiger partial charge on any atom is 0.144 e. The fourth-order valence-corrected chi connectivity index (χ4v) is 2.50. The van der Waals surface area contributed by atoms with Crippen LogP contribution in [-0.2, 0) is 19.5 Å². The van der Waals surface area contributed by atoms with Crippen molar-refractivity contribution in [1.82, 2.24) is 19.1 Å². The highest BCUT2D eigenvalue weighted by molar-refractivity contribution is 6.31. The topological polar surface area (TPSA) is 35.6 Å². The van der Waals surface area contributed by atoms with Crippen molar-refractivity contribution in [3.8, 4) is 0 Å². The van der Waals surface area contributed by atoms with E-state index in [1.165, 1.54) is 12.1 Å². The van der Waals surface area contributed by atoms with Crippen LogP contribution in [0.25, 0.3) is 11.0 Å². The predicted molar refractivity (Wildman–Crippen MR) is 76.6 cm³/mol. The van der Waals surface area contributed by atoms with Gasteiger partial charge in [-0.1, -0.05) is 11.6 Å². The summed E-state index contributed by atoms with van der Waals surface area (Å²) < 4.78 is 17.4. The number of halogens is 3. The minimum absolute atomic E-state index is 0.0558. The number of fused-ring (bicyclic) bond motifs is 1. The Morgan fingerprint density at radius 3 is 2.75 bits per heavy atom. The molecule has 0 saturated carbocycles. The summed E-state index contributed by atoms with van der Waals surface area (Å²) in [4.78, 5) is 8.65. The van der Waals surface area contributed by atoms with Crippen LogP contribution in [0.15, 0.2) is 24.5 Å². The van der Waals surface area contributed by atoms with Gasteiger partial charge in [0.15, 0.2) is 0 Å². The number of imidazole rings is 2. The Labute approximate surface area is 124 Å². The first kappa shape index (κ1) is 13.4. The van der Waals surface area contributed by atoms with Crippen molar-refractivity contribution in [1.29, 1.82) is 0 Å². The molecular formula is C13H11Cl2FN4. The maximum atomic E-state index is 13.7. The molecule has 0 N–H and O–H groups in total. The summed E-state index contributed by atoms with van der Waals surface area (Å²) in [6.45, 7) is 0.475. The van der Waals surface area contributed by atoms with E-state index in [0.29, 0.717) is 23.4 Å². The Hall–Kier alpha value is -1.59. The fourth-order valence-electron chi connectivity index (χ4n) is 2.14. The molecule has 0 aliphatic carbocycles. The summed E-state index contributed by atoms with van der Waals surface area (Å²) in [6.07, 6.45) is 3.57. The van der Waals surface area contributed by atoms with Gasteiger partial charge in [0.1, 0.15) is 17.5 Å². The SMILES string of the molecule is Cn1ccnc1Cn1c(CCl)nc2cc(Cl)c(F)cc21. The number of nitrogens with zero attached hydrogens (tertiary/aromatic N) is 4. The van der Waals surface area contributed by atoms with E-state index in [-0.39, 0.29) is 10.9 Å². The van der Waals surface area contributed by atoms with Gasteiger partial charge in [0.2, 0.25) is 0 Å². The van der Waals surface area contributed by atoms with Gasteiger partial charge in [-0.2, -0.15) is 0 Å². The van der Waals surface area contributed by atoms with Crippen LogP contribution in [0.1, 0.15) is 11.6 Å². The first-order valence-corrected chi connectivity index (χ1v) is 6.87. The van der Waals surface area contributed by atoms with Gasteiger partial charge in [-0.3, -0.25) is 0 Å². The fraction of sp³-hybridized carbons (Fsp3) is 0.231. The minimum Gasteiger partial charge on any atom is -0.337 e. The van der Waals surface area contributed by atoms with Crippen LogP contribution in [0.4, 0.5) is 4.39 Å². The van der Waals surface area contributed by atoms with Gasteiger partial charge in [0.05, 0.1) is 28.5 Å². The standard InChI is InChI=1S/C13H11Cl2FN4/c1-19-3-2-17-13(19)7-20-11-5-9(16)8(15)4-10(11)18-12(20)6-14/h2-5H,6-7H2,1H3. The molecule has 0 fully saturated rings. The van der Waals surface area contributed by atoms with E-state index in [2.05, 4.69) is 9.97 Å². The van der Waals surface area contributed by atoms with E-state index >= 15 is 0 Å². The molecule has 0 spiro atoms. The van der Waals surface area contributed by atoms with Crippen LogP contribution in [0.2, 0.25) is 5.02 Å². The van der Waals surface area contributed by atoms with E-state index in [1.807, 2.05) is 22.4 Å². The molecule has 3 aromatic rings. The van der Waals surface area contributed by atoms with Crippen LogP contribution < -0.4 is 0 Å². The quantitative estimate of drug-likeness (QED) is 0.695. The maximum absolute atomic E-state index is 13.7. The average Bonchev–Trinajstić information content (AvgIpc) is 2.96. The van der Waals surface area contributed by atoms with E-state index in [0.717, 1.165) is 5.82 Å². The first-order chi connectivity index (χ1) is 9.60. The van der Waals surface area contributed by atoms with Crippen molar-refractivity contribution in [2.75, 3.05) is 0 Å². The smallest absolute Gasteiger partial charge is 0.144 e. The van der Waals surface area contributed by atoms with E-state index < -0.39 is 5.82 Å². The summed E-state index contributed by atoms with van der Waals surface area (Å²) in [5, 5.41) is 0.0558. The Balaban J connectivity index is 2.17. The normalized spacial score (nSPS) is 11.4. The summed E-state index contributed by atoms with van der Waals surface area (Å²) in [7, 11) is 1.90. The molecule has 0 atom stereocenters. The Morgan fingerprint density at radius 2 is 2.10 bits per heavy atom. The summed E-state index contributed by atoms with van der Waals surface area (Å²) >= 11 is 11.7. The molecule has 1 aromatic carbocycles. The van der Waals surface area contributed by atoms with Gasteiger partial charge in [0, 0.05) is 25.5 Å². The molecule has 0 amide bonds. The van der Waals surface area contributed by atoms with Crippen molar-refractivity contribution in [3.63, 3.8) is 0 Å². The molecule has 0 radical (unpaired) electrons. The van der Waals surface area contributed by atoms with Crippen molar-refractivity contribution >= 4 is 34.2 Å². The molecule has 0 aliphatic rings. The second kappa shape index (κ2) is 5.07. The van der Waals surface area contributed by atoms with Crippen molar-refractivity contribution in [3.05, 3.63) is 47.0 Å². The highest BCUT2D eigenvalue weighted by Gasteiger charge is 2.14. The third kappa shape index (κ3) is 2.17. The van der Waals surface area contributed by atoms with Crippen molar-refractivity contribution in [2.24, 2.45) is 7.05 Å². The summed E-state index contributed by atoms with van der Waals surface area (Å²) in [5.74, 6) is 1.26. The molecule has 4 nitrogen and oxygen atoms in total. The Bertz CT molecular complexity index is 778. The number of rotatable bonds is 3. The number of hydrogen-bond donors (Lipinski definition) is 0. The molecule has 0 bridgehead atoms. The van der Waals surface area contributed by atoms with Crippen LogP contribution in [0.5, 0.6) is 0 Å². The van der Waals surface area contributed by atoms with Crippen LogP contribution >= 0.6 is 23.2 Å². The van der Waals surface area contributed by atoms with Gasteiger partial charge >= 0.3 is 0 Å². The second-order valence-electron chi connectivity index (χ2n) is 4.46. The number of benzene rings is 1. The third-order valence-corrected chi connectivity index (χ3v) is 3.74. The molecule has 104 valence electrons. The molecular weight excluding hydrogens is 302 g/mol. The molecule has 2 heterocycles. The first-order valence-electron chi connectivity index (χ1n) is 5.96. The number of hydrogen-bond acceptors (Lipinski definition) is 2. The highest BCUT2D eigenvalue weighted by atomic mass is 35.5. The molecule has 0 saturated heterocycles. The van der Waals surface area contributed by atoms with Gasteiger partial charge in [-0.05, 0) is 6.07 Å². The van der Waals surface area contributed by atoms with Crippen LogP contribution in [-0.4, -0.2) is 19.1 Å². The van der Waals surface area contributed by atoms with Crippen LogP contribution in [0, 0.1) is 5.82 Å². The Kier molecular flexibility index (Phi) is 3.40. The number of alkyl halides is 1.